The van der Waals surface area contributed by atoms with Crippen LogP contribution in [0.1, 0.15) is 136 Å². The minimum Gasteiger partial charge on any atom is -0.492 e. The van der Waals surface area contributed by atoms with Gasteiger partial charge in [0.1, 0.15) is 11.5 Å². The number of nitrogens with one attached hydrogen (secondary N) is 2. The van der Waals surface area contributed by atoms with Crippen molar-refractivity contribution in [3.8, 4) is 22.6 Å². The number of unbranched alkanes of at least 4 members (excludes halogenated alkanes) is 8. The van der Waals surface area contributed by atoms with E-state index in [9.17, 15) is 0 Å². The number of nitrogens with zero attached hydrogens (tertiary/aromatic N) is 6. The number of aromatic amines is 2. The van der Waals surface area contributed by atoms with Crippen molar-refractivity contribution >= 4 is 68.2 Å². The van der Waals surface area contributed by atoms with Gasteiger partial charge in [0, 0.05) is 84.1 Å². The second-order valence-corrected chi connectivity index (χ2v) is 27.4. The fourth-order valence-electron chi connectivity index (χ4n) is 14.9. The average Bonchev–Trinajstić information content (AvgIpc) is 1.26. The first kappa shape index (κ1) is 65.3. The molecule has 19 heterocycles. The van der Waals surface area contributed by atoms with Crippen LogP contribution in [0.3, 0.4) is 0 Å². The van der Waals surface area contributed by atoms with Gasteiger partial charge >= 0.3 is 0 Å². The Morgan fingerprint density at radius 2 is 0.794 bits per heavy atom. The maximum absolute atomic E-state index is 7.56. The van der Waals surface area contributed by atoms with Gasteiger partial charge in [0.25, 0.3) is 0 Å². The van der Waals surface area contributed by atoms with E-state index in [1.807, 2.05) is 36.9 Å². The third kappa shape index (κ3) is 14.1. The highest BCUT2D eigenvalue weighted by Crippen LogP contribution is 2.48. The molecule has 12 aliphatic rings. The van der Waals surface area contributed by atoms with Gasteiger partial charge in [0.05, 0.1) is 63.3 Å². The predicted octanol–water partition coefficient (Wildman–Crippen LogP) is 21.3. The van der Waals surface area contributed by atoms with E-state index in [0.717, 1.165) is 216 Å². The Bertz CT molecular complexity index is 5860. The Morgan fingerprint density at radius 3 is 1.31 bits per heavy atom. The van der Waals surface area contributed by atoms with Crippen molar-refractivity contribution in [3.05, 3.63) is 327 Å². The van der Waals surface area contributed by atoms with Crippen LogP contribution in [-0.2, 0) is 25.7 Å². The van der Waals surface area contributed by atoms with Gasteiger partial charge in [-0.1, -0.05) is 199 Å². The minimum atomic E-state index is 0.493. The molecular weight excluding hydrogens is 1250 g/mol. The summed E-state index contributed by atoms with van der Waals surface area (Å²) in [5.74, 6) is 1.72. The Balaban J connectivity index is 1.02. The number of benzene rings is 6. The molecule has 0 saturated carbocycles. The summed E-state index contributed by atoms with van der Waals surface area (Å²) in [7, 11) is 0. The molecule has 22 bridgehead atoms. The van der Waals surface area contributed by atoms with E-state index < -0.39 is 0 Å². The molecule has 2 N–H and O–H groups in total. The minimum absolute atomic E-state index is 0.493. The number of H-pyrrole nitrogens is 2. The summed E-state index contributed by atoms with van der Waals surface area (Å²) in [6, 6.07) is 70.1. The van der Waals surface area contributed by atoms with Gasteiger partial charge < -0.3 is 19.4 Å². The quantitative estimate of drug-likeness (QED) is 0.0479. The van der Waals surface area contributed by atoms with Crippen molar-refractivity contribution in [1.82, 2.24) is 39.9 Å². The van der Waals surface area contributed by atoms with Gasteiger partial charge in [-0.05, 0) is 190 Å². The first-order valence-electron chi connectivity index (χ1n) is 36.9. The van der Waals surface area contributed by atoms with Crippen LogP contribution in [0.4, 0.5) is 0 Å². The van der Waals surface area contributed by atoms with E-state index in [1.165, 1.54) is 60.8 Å². The van der Waals surface area contributed by atoms with Crippen LogP contribution in [-0.4, -0.2) is 53.1 Å². The molecule has 0 fully saturated rings. The second kappa shape index (κ2) is 30.2. The Hall–Kier alpha value is -11.4. The lowest BCUT2D eigenvalue weighted by atomic mass is 9.90. The molecule has 0 unspecified atom stereocenters. The number of hydrogen-bond donors (Lipinski definition) is 2. The molecule has 504 valence electrons. The van der Waals surface area contributed by atoms with Crippen LogP contribution in [0.25, 0.3) is 79.3 Å². The first-order valence-corrected chi connectivity index (χ1v) is 36.9. The number of pyridine rings is 4. The number of rotatable bonds is 23. The average molecular weight is 1330 g/mol. The van der Waals surface area contributed by atoms with E-state index in [1.54, 1.807) is 0 Å². The number of aromatic nitrogens is 8. The molecule has 102 heavy (non-hydrogen) atoms. The molecule has 13 aromatic rings. The summed E-state index contributed by atoms with van der Waals surface area (Å²) in [6.07, 6.45) is 32.9. The highest BCUT2D eigenvalue weighted by molar-refractivity contribution is 6.02. The number of aryl methyl sites for hydroxylation is 4. The molecular formula is C92H84N8O2. The highest BCUT2D eigenvalue weighted by Gasteiger charge is 2.27. The van der Waals surface area contributed by atoms with Crippen molar-refractivity contribution in [3.63, 3.8) is 0 Å². The van der Waals surface area contributed by atoms with Crippen LogP contribution in [0.5, 0.6) is 11.5 Å². The van der Waals surface area contributed by atoms with Crippen LogP contribution >= 0.6 is 0 Å². The first-order chi connectivity index (χ1) is 50.4. The fourth-order valence-corrected chi connectivity index (χ4v) is 14.9. The molecule has 25 rings (SSSR count). The number of hydrogen-bond acceptors (Lipinski definition) is 8. The predicted molar refractivity (Wildman–Crippen MR) is 414 cm³/mol. The molecule has 12 aliphatic heterocycles. The van der Waals surface area contributed by atoms with Crippen molar-refractivity contribution in [2.45, 2.75) is 117 Å². The normalized spacial score (nSPS) is 12.1. The molecule has 0 spiro atoms. The molecule has 0 amide bonds. The maximum atomic E-state index is 7.56. The van der Waals surface area contributed by atoms with E-state index in [2.05, 4.69) is 240 Å². The van der Waals surface area contributed by atoms with Crippen LogP contribution in [0, 0.1) is 62.9 Å². The molecule has 10 heteroatoms. The van der Waals surface area contributed by atoms with Gasteiger partial charge in [-0.15, -0.1) is 0 Å². The Labute approximate surface area is 593 Å². The van der Waals surface area contributed by atoms with E-state index >= 15 is 0 Å². The third-order valence-corrected chi connectivity index (χ3v) is 20.4. The zero-order chi connectivity index (χ0) is 68.6. The van der Waals surface area contributed by atoms with Crippen LogP contribution < -0.4 is 9.47 Å². The van der Waals surface area contributed by atoms with Gasteiger partial charge in [-0.2, -0.15) is 0 Å². The highest BCUT2D eigenvalue weighted by atomic mass is 16.5. The van der Waals surface area contributed by atoms with E-state index in [4.69, 9.17) is 29.4 Å². The number of ether oxygens (including phenoxy) is 2. The van der Waals surface area contributed by atoms with Gasteiger partial charge in [-0.25, -0.2) is 19.9 Å². The standard InChI is InChI=1S/C92H84N8O2/c1-3-5-7-9-11-21-73-57-74(22-12-10-8-6-4-2)92(102-56-16-20-62-18-14-54-94-60-62)88(91(73)101-55-15-19-61-17-13-53-93-59-61)87-83-51-49-81(97-83)85-69-35-27-65(28-36-69)63-23-31-67(32-24-63)77-45-41-71-39-40-72-42-46-78(100-90(72)89(71)99-77)68-33-25-64(26-34-68)66-29-37-70(38-30-66)86(82-50-52-84(87)98-82)80-48-44-76(96-80)58-75-43-47-79(85)95-75/h13-14,17-18,23-54,57-60,95,98H,3-12,15-16,19-22,55-56H2,1-2H3. The van der Waals surface area contributed by atoms with Crippen molar-refractivity contribution in [2.24, 2.45) is 0 Å². The molecule has 7 aromatic heterocycles. The Kier molecular flexibility index (Phi) is 19.3. The summed E-state index contributed by atoms with van der Waals surface area (Å²) in [5.41, 5.74) is 15.4. The van der Waals surface area contributed by atoms with Crippen LogP contribution in [0.15, 0.2) is 219 Å². The largest absolute Gasteiger partial charge is 0.492 e. The fraction of sp³-hybridized carbons (Fsp3) is 0.217. The van der Waals surface area contributed by atoms with Gasteiger partial charge in [0.2, 0.25) is 0 Å². The smallest absolute Gasteiger partial charge is 0.134 e. The maximum Gasteiger partial charge on any atom is 0.134 e. The molecule has 0 saturated heterocycles. The van der Waals surface area contributed by atoms with Crippen molar-refractivity contribution in [2.75, 3.05) is 13.2 Å². The lowest BCUT2D eigenvalue weighted by molar-refractivity contribution is 0.293. The lowest BCUT2D eigenvalue weighted by Gasteiger charge is -2.24. The van der Waals surface area contributed by atoms with Gasteiger partial charge in [0.15, 0.2) is 0 Å². The molecule has 0 aliphatic carbocycles. The summed E-state index contributed by atoms with van der Waals surface area (Å²) >= 11 is 0. The SMILES string of the molecule is CCCCCCCc1cc(CCCCCCC)c(OCCCc2cccnc2)c(-c2c3nc(c4c5ccc(cc6nc(c(c7ccc2[nH]7)=c2ccc(cc2)=c2ccc(cc2)=c2ccc7ccc8ccc(nc8c7n2)=c2ccc(cc2)=c2ccc=4cc2)C=C6)[nH]5)C=C3)c1OCCCc1cccnc1. The summed E-state index contributed by atoms with van der Waals surface area (Å²) < 4.78 is 15.1. The monoisotopic (exact) mass is 1330 g/mol. The molecule has 0 radical (unpaired) electrons. The summed E-state index contributed by atoms with van der Waals surface area (Å²) in [4.78, 5) is 39.1. The lowest BCUT2D eigenvalue weighted by Crippen LogP contribution is -2.10. The summed E-state index contributed by atoms with van der Waals surface area (Å²) in [5, 5.41) is 14.4. The zero-order valence-electron chi connectivity index (χ0n) is 58.3. The van der Waals surface area contributed by atoms with E-state index in [-0.39, 0.29) is 0 Å². The van der Waals surface area contributed by atoms with Crippen LogP contribution in [0.2, 0.25) is 0 Å². The summed E-state index contributed by atoms with van der Waals surface area (Å²) in [6.45, 7) is 5.57. The van der Waals surface area contributed by atoms with Gasteiger partial charge in [-0.3, -0.25) is 9.97 Å². The molecule has 6 aromatic carbocycles. The van der Waals surface area contributed by atoms with E-state index in [0.29, 0.717) is 13.2 Å². The Morgan fingerprint density at radius 1 is 0.343 bits per heavy atom. The third-order valence-electron chi connectivity index (χ3n) is 20.4. The zero-order valence-corrected chi connectivity index (χ0v) is 58.3. The second-order valence-electron chi connectivity index (χ2n) is 27.4. The van der Waals surface area contributed by atoms with Crippen molar-refractivity contribution in [1.29, 1.82) is 0 Å². The topological polar surface area (TPSA) is 127 Å². The van der Waals surface area contributed by atoms with Crippen molar-refractivity contribution < 1.29 is 9.47 Å². The molecule has 10 nitrogen and oxygen atoms in total. The molecule has 0 atom stereocenters.